The Morgan fingerprint density at radius 1 is 1.07 bits per heavy atom. The number of hydrogen-bond acceptors (Lipinski definition) is 4. The molecule has 1 aromatic heterocycles. The second kappa shape index (κ2) is 7.98. The summed E-state index contributed by atoms with van der Waals surface area (Å²) in [6.45, 7) is 0. The second-order valence-corrected chi connectivity index (χ2v) is 7.92. The Morgan fingerprint density at radius 3 is 2.56 bits per heavy atom. The first-order chi connectivity index (χ1) is 13.3. The van der Waals surface area contributed by atoms with Crippen LogP contribution in [0.15, 0.2) is 58.5 Å². The van der Waals surface area contributed by atoms with E-state index in [0.29, 0.717) is 10.9 Å². The Morgan fingerprint density at radius 2 is 1.81 bits per heavy atom. The Labute approximate surface area is 162 Å². The number of benzene rings is 2. The minimum atomic E-state index is 0.0785. The minimum Gasteiger partial charge on any atom is -0.284 e. The number of fused-ring (bicyclic) bond motifs is 1. The molecular weight excluding hydrogens is 354 g/mol. The lowest BCUT2D eigenvalue weighted by molar-refractivity contribution is 0.326. The maximum absolute atomic E-state index is 13.2. The average molecular weight is 375 g/mol. The van der Waals surface area contributed by atoms with E-state index in [0.717, 1.165) is 34.8 Å². The van der Waals surface area contributed by atoms with E-state index >= 15 is 0 Å². The molecule has 5 heteroatoms. The van der Waals surface area contributed by atoms with E-state index in [1.54, 1.807) is 11.8 Å². The van der Waals surface area contributed by atoms with Crippen molar-refractivity contribution in [1.82, 2.24) is 9.55 Å². The highest BCUT2D eigenvalue weighted by atomic mass is 32.2. The number of para-hydroxylation sites is 1. The molecule has 4 nitrogen and oxygen atoms in total. The highest BCUT2D eigenvalue weighted by Gasteiger charge is 2.21. The molecule has 1 aliphatic carbocycles. The van der Waals surface area contributed by atoms with Crippen molar-refractivity contribution < 1.29 is 0 Å². The molecule has 0 radical (unpaired) electrons. The first-order valence-electron chi connectivity index (χ1n) is 9.39. The number of aromatic nitrogens is 2. The molecule has 1 fully saturated rings. The van der Waals surface area contributed by atoms with E-state index in [1.165, 1.54) is 19.3 Å². The van der Waals surface area contributed by atoms with Gasteiger partial charge in [0.25, 0.3) is 5.56 Å². The van der Waals surface area contributed by atoms with Crippen molar-refractivity contribution in [3.8, 4) is 6.07 Å². The first kappa shape index (κ1) is 17.8. The van der Waals surface area contributed by atoms with Crippen LogP contribution in [-0.2, 0) is 5.75 Å². The van der Waals surface area contributed by atoms with Crippen LogP contribution in [0.3, 0.4) is 0 Å². The molecule has 0 aliphatic heterocycles. The maximum atomic E-state index is 13.2. The SMILES string of the molecule is N#Cc1ccc(CSc2nc3ccccc3c(=O)n2C2CCCCC2)cc1. The Kier molecular flexibility index (Phi) is 5.26. The van der Waals surface area contributed by atoms with Crippen molar-refractivity contribution in [2.75, 3.05) is 0 Å². The van der Waals surface area contributed by atoms with Gasteiger partial charge in [0.15, 0.2) is 5.16 Å². The number of nitrogens with zero attached hydrogens (tertiary/aromatic N) is 3. The largest absolute Gasteiger partial charge is 0.284 e. The quantitative estimate of drug-likeness (QED) is 0.472. The lowest BCUT2D eigenvalue weighted by Crippen LogP contribution is -2.29. The van der Waals surface area contributed by atoms with Crippen LogP contribution in [-0.4, -0.2) is 9.55 Å². The molecule has 0 saturated heterocycles. The molecule has 1 saturated carbocycles. The van der Waals surface area contributed by atoms with Gasteiger partial charge in [-0.2, -0.15) is 5.26 Å². The fraction of sp³-hybridized carbons (Fsp3) is 0.318. The van der Waals surface area contributed by atoms with Crippen LogP contribution in [0.2, 0.25) is 0 Å². The summed E-state index contributed by atoms with van der Waals surface area (Å²) in [5.41, 5.74) is 2.62. The number of hydrogen-bond donors (Lipinski definition) is 0. The van der Waals surface area contributed by atoms with E-state index in [4.69, 9.17) is 10.2 Å². The molecular formula is C22H21N3OS. The van der Waals surface area contributed by atoms with Crippen LogP contribution >= 0.6 is 11.8 Å². The van der Waals surface area contributed by atoms with Crippen molar-refractivity contribution in [1.29, 1.82) is 5.26 Å². The van der Waals surface area contributed by atoms with Crippen molar-refractivity contribution in [2.45, 2.75) is 49.1 Å². The van der Waals surface area contributed by atoms with Gasteiger partial charge in [-0.05, 0) is 42.7 Å². The van der Waals surface area contributed by atoms with E-state index in [9.17, 15) is 4.79 Å². The third-order valence-corrected chi connectivity index (χ3v) is 6.19. The predicted molar refractivity (Wildman–Crippen MR) is 109 cm³/mol. The third-order valence-electron chi connectivity index (χ3n) is 5.17. The summed E-state index contributed by atoms with van der Waals surface area (Å²) in [6, 6.07) is 17.6. The normalized spacial score (nSPS) is 14.9. The molecule has 0 spiro atoms. The summed E-state index contributed by atoms with van der Waals surface area (Å²) in [6.07, 6.45) is 5.68. The summed E-state index contributed by atoms with van der Waals surface area (Å²) < 4.78 is 1.94. The summed E-state index contributed by atoms with van der Waals surface area (Å²) in [5, 5.41) is 10.4. The topological polar surface area (TPSA) is 58.7 Å². The van der Waals surface area contributed by atoms with Crippen molar-refractivity contribution >= 4 is 22.7 Å². The number of rotatable bonds is 4. The van der Waals surface area contributed by atoms with E-state index in [1.807, 2.05) is 53.1 Å². The standard InChI is InChI=1S/C22H21N3OS/c23-14-16-10-12-17(13-11-16)15-27-22-24-20-9-5-4-8-19(20)21(26)25(22)18-6-2-1-3-7-18/h4-5,8-13,18H,1-3,6-7,15H2. The number of thioether (sulfide) groups is 1. The zero-order valence-corrected chi connectivity index (χ0v) is 15.9. The fourth-order valence-corrected chi connectivity index (χ4v) is 4.73. The molecule has 1 aliphatic rings. The van der Waals surface area contributed by atoms with Gasteiger partial charge in [-0.3, -0.25) is 9.36 Å². The summed E-state index contributed by atoms with van der Waals surface area (Å²) >= 11 is 1.61. The molecule has 27 heavy (non-hydrogen) atoms. The van der Waals surface area contributed by atoms with Crippen LogP contribution in [0.5, 0.6) is 0 Å². The molecule has 2 aromatic carbocycles. The fourth-order valence-electron chi connectivity index (χ4n) is 3.71. The zero-order chi connectivity index (χ0) is 18.6. The molecule has 1 heterocycles. The third kappa shape index (κ3) is 3.77. The Bertz CT molecular complexity index is 1040. The molecule has 136 valence electrons. The number of nitriles is 1. The smallest absolute Gasteiger partial charge is 0.262 e. The first-order valence-corrected chi connectivity index (χ1v) is 10.4. The average Bonchev–Trinajstić information content (AvgIpc) is 2.73. The van der Waals surface area contributed by atoms with Gasteiger partial charge in [-0.15, -0.1) is 0 Å². The monoisotopic (exact) mass is 375 g/mol. The van der Waals surface area contributed by atoms with Gasteiger partial charge in [-0.25, -0.2) is 4.98 Å². The van der Waals surface area contributed by atoms with Crippen molar-refractivity contribution in [3.63, 3.8) is 0 Å². The molecule has 0 amide bonds. The van der Waals surface area contributed by atoms with Gasteiger partial charge in [-0.1, -0.05) is 55.3 Å². The highest BCUT2D eigenvalue weighted by Crippen LogP contribution is 2.32. The highest BCUT2D eigenvalue weighted by molar-refractivity contribution is 7.98. The summed E-state index contributed by atoms with van der Waals surface area (Å²) in [5.74, 6) is 0.725. The van der Waals surface area contributed by atoms with Gasteiger partial charge in [0.2, 0.25) is 0 Å². The van der Waals surface area contributed by atoms with Gasteiger partial charge in [0, 0.05) is 11.8 Å². The second-order valence-electron chi connectivity index (χ2n) is 6.98. The van der Waals surface area contributed by atoms with Gasteiger partial charge < -0.3 is 0 Å². The van der Waals surface area contributed by atoms with E-state index in [2.05, 4.69) is 6.07 Å². The molecule has 0 N–H and O–H groups in total. The maximum Gasteiger partial charge on any atom is 0.262 e. The van der Waals surface area contributed by atoms with Crippen LogP contribution in [0.1, 0.15) is 49.3 Å². The Hall–Kier alpha value is -2.58. The van der Waals surface area contributed by atoms with Crippen molar-refractivity contribution in [3.05, 3.63) is 70.0 Å². The molecule has 0 bridgehead atoms. The van der Waals surface area contributed by atoms with Crippen LogP contribution in [0.4, 0.5) is 0 Å². The molecule has 3 aromatic rings. The lowest BCUT2D eigenvalue weighted by Gasteiger charge is -2.26. The van der Waals surface area contributed by atoms with E-state index < -0.39 is 0 Å². The zero-order valence-electron chi connectivity index (χ0n) is 15.1. The summed E-state index contributed by atoms with van der Waals surface area (Å²) in [4.78, 5) is 18.1. The van der Waals surface area contributed by atoms with Gasteiger partial charge in [0.1, 0.15) is 0 Å². The summed E-state index contributed by atoms with van der Waals surface area (Å²) in [7, 11) is 0. The van der Waals surface area contributed by atoms with Crippen LogP contribution in [0, 0.1) is 11.3 Å². The van der Waals surface area contributed by atoms with Crippen LogP contribution < -0.4 is 5.56 Å². The van der Waals surface area contributed by atoms with Crippen LogP contribution in [0.25, 0.3) is 10.9 Å². The molecule has 0 atom stereocenters. The molecule has 0 unspecified atom stereocenters. The van der Waals surface area contributed by atoms with Crippen molar-refractivity contribution in [2.24, 2.45) is 0 Å². The van der Waals surface area contributed by atoms with Gasteiger partial charge in [0.05, 0.1) is 22.5 Å². The lowest BCUT2D eigenvalue weighted by atomic mass is 9.95. The minimum absolute atomic E-state index is 0.0785. The van der Waals surface area contributed by atoms with E-state index in [-0.39, 0.29) is 11.6 Å². The Balaban J connectivity index is 1.70. The predicted octanol–water partition coefficient (Wildman–Crippen LogP) is 5.07. The van der Waals surface area contributed by atoms with Gasteiger partial charge >= 0.3 is 0 Å². The molecule has 4 rings (SSSR count).